The third-order valence-corrected chi connectivity index (χ3v) is 5.42. The molecule has 1 aromatic heterocycles. The molecule has 2 aromatic rings. The number of rotatable bonds is 9. The van der Waals surface area contributed by atoms with Crippen LogP contribution in [0.2, 0.25) is 5.02 Å². The molecule has 8 nitrogen and oxygen atoms in total. The Balaban J connectivity index is 0.00000420. The first-order valence-electron chi connectivity index (χ1n) is 9.04. The van der Waals surface area contributed by atoms with E-state index in [0.717, 1.165) is 5.69 Å². The summed E-state index contributed by atoms with van der Waals surface area (Å²) in [6, 6.07) is 8.01. The molecular formula is C18H27ClIN5O3S. The number of hydrogen-bond acceptors (Lipinski definition) is 5. The summed E-state index contributed by atoms with van der Waals surface area (Å²) in [6.45, 7) is 7.60. The number of aliphatic imine (C=N–C) groups is 1. The fourth-order valence-electron chi connectivity index (χ4n) is 2.26. The van der Waals surface area contributed by atoms with Crippen molar-refractivity contribution in [3.63, 3.8) is 0 Å². The Morgan fingerprint density at radius 2 is 2.00 bits per heavy atom. The SMILES string of the molecule is CCNC(=NCc1cc(C(C)C)no1)NCCNS(=O)(=O)c1cccc(Cl)c1.I. The number of guanidine groups is 1. The second-order valence-corrected chi connectivity index (χ2v) is 8.55. The van der Waals surface area contributed by atoms with Crippen LogP contribution in [-0.4, -0.2) is 39.2 Å². The first-order chi connectivity index (χ1) is 13.3. The number of benzene rings is 1. The van der Waals surface area contributed by atoms with Crippen molar-refractivity contribution in [2.45, 2.75) is 38.1 Å². The van der Waals surface area contributed by atoms with Gasteiger partial charge in [0.2, 0.25) is 10.0 Å². The summed E-state index contributed by atoms with van der Waals surface area (Å²) in [4.78, 5) is 4.56. The van der Waals surface area contributed by atoms with Crippen LogP contribution in [0.5, 0.6) is 0 Å². The van der Waals surface area contributed by atoms with Gasteiger partial charge in [-0.2, -0.15) is 0 Å². The van der Waals surface area contributed by atoms with E-state index in [0.29, 0.717) is 42.3 Å². The van der Waals surface area contributed by atoms with Gasteiger partial charge in [0.05, 0.1) is 10.6 Å². The number of nitrogens with zero attached hydrogens (tertiary/aromatic N) is 2. The minimum atomic E-state index is -3.61. The zero-order chi connectivity index (χ0) is 20.6. The van der Waals surface area contributed by atoms with Gasteiger partial charge in [-0.3, -0.25) is 0 Å². The van der Waals surface area contributed by atoms with Gasteiger partial charge in [-0.1, -0.05) is 36.7 Å². The van der Waals surface area contributed by atoms with E-state index in [-0.39, 0.29) is 35.4 Å². The number of hydrogen-bond donors (Lipinski definition) is 3. The Labute approximate surface area is 193 Å². The standard InChI is InChI=1S/C18H26ClN5O3S.HI/c1-4-20-18(22-12-15-11-17(13(2)3)24-27-15)21-8-9-23-28(25,26)16-7-5-6-14(19)10-16;/h5-7,10-11,13,23H,4,8-9,12H2,1-3H3,(H2,20,21,22);1H. The van der Waals surface area contributed by atoms with Crippen molar-refractivity contribution < 1.29 is 12.9 Å². The molecule has 0 fully saturated rings. The van der Waals surface area contributed by atoms with Gasteiger partial charge < -0.3 is 15.2 Å². The molecular weight excluding hydrogens is 529 g/mol. The van der Waals surface area contributed by atoms with Gasteiger partial charge in [0.25, 0.3) is 0 Å². The zero-order valence-corrected chi connectivity index (χ0v) is 20.5. The van der Waals surface area contributed by atoms with E-state index >= 15 is 0 Å². The fourth-order valence-corrected chi connectivity index (χ4v) is 3.59. The molecule has 0 unspecified atom stereocenters. The van der Waals surface area contributed by atoms with Gasteiger partial charge in [-0.25, -0.2) is 18.1 Å². The summed E-state index contributed by atoms with van der Waals surface area (Å²) in [5.74, 6) is 1.52. The first kappa shape index (κ1) is 25.7. The highest BCUT2D eigenvalue weighted by atomic mass is 127. The molecule has 162 valence electrons. The summed E-state index contributed by atoms with van der Waals surface area (Å²) >= 11 is 5.85. The Kier molecular flexibility index (Phi) is 10.9. The van der Waals surface area contributed by atoms with E-state index in [1.165, 1.54) is 12.1 Å². The maximum absolute atomic E-state index is 12.3. The number of aromatic nitrogens is 1. The molecule has 0 spiro atoms. The second-order valence-electron chi connectivity index (χ2n) is 6.35. The third kappa shape index (κ3) is 8.49. The number of sulfonamides is 1. The van der Waals surface area contributed by atoms with E-state index in [1.807, 2.05) is 26.8 Å². The lowest BCUT2D eigenvalue weighted by atomic mass is 10.1. The second kappa shape index (κ2) is 12.4. The molecule has 1 heterocycles. The summed E-state index contributed by atoms with van der Waals surface area (Å²) < 4.78 is 32.3. The van der Waals surface area contributed by atoms with Gasteiger partial charge in [0, 0.05) is 30.7 Å². The van der Waals surface area contributed by atoms with Crippen molar-refractivity contribution in [3.05, 3.63) is 46.8 Å². The lowest BCUT2D eigenvalue weighted by Crippen LogP contribution is -2.41. The first-order valence-corrected chi connectivity index (χ1v) is 10.9. The van der Waals surface area contributed by atoms with E-state index in [2.05, 4.69) is 25.5 Å². The van der Waals surface area contributed by atoms with Gasteiger partial charge in [0.15, 0.2) is 11.7 Å². The highest BCUT2D eigenvalue weighted by Crippen LogP contribution is 2.15. The molecule has 0 aliphatic rings. The third-order valence-electron chi connectivity index (χ3n) is 3.72. The lowest BCUT2D eigenvalue weighted by Gasteiger charge is -2.12. The smallest absolute Gasteiger partial charge is 0.240 e. The Morgan fingerprint density at radius 1 is 1.24 bits per heavy atom. The van der Waals surface area contributed by atoms with Crippen molar-refractivity contribution in [1.82, 2.24) is 20.5 Å². The molecule has 0 saturated heterocycles. The summed E-state index contributed by atoms with van der Waals surface area (Å²) in [5, 5.41) is 10.6. The fraction of sp³-hybridized carbons (Fsp3) is 0.444. The van der Waals surface area contributed by atoms with Crippen LogP contribution in [0.15, 0.2) is 44.7 Å². The quantitative estimate of drug-likeness (QED) is 0.190. The Morgan fingerprint density at radius 3 is 2.62 bits per heavy atom. The molecule has 0 aliphatic heterocycles. The predicted octanol–water partition coefficient (Wildman–Crippen LogP) is 3.10. The van der Waals surface area contributed by atoms with E-state index < -0.39 is 10.0 Å². The maximum atomic E-state index is 12.3. The average molecular weight is 556 g/mol. The minimum Gasteiger partial charge on any atom is -0.359 e. The van der Waals surface area contributed by atoms with Crippen molar-refractivity contribution in [2.75, 3.05) is 19.6 Å². The largest absolute Gasteiger partial charge is 0.359 e. The maximum Gasteiger partial charge on any atom is 0.240 e. The monoisotopic (exact) mass is 555 g/mol. The van der Waals surface area contributed by atoms with Crippen LogP contribution in [0.3, 0.4) is 0 Å². The normalized spacial score (nSPS) is 12.0. The average Bonchev–Trinajstić information content (AvgIpc) is 3.12. The minimum absolute atomic E-state index is 0. The van der Waals surface area contributed by atoms with E-state index in [4.69, 9.17) is 16.1 Å². The van der Waals surface area contributed by atoms with Crippen molar-refractivity contribution in [3.8, 4) is 0 Å². The van der Waals surface area contributed by atoms with Crippen LogP contribution in [0.4, 0.5) is 0 Å². The summed E-state index contributed by atoms with van der Waals surface area (Å²) in [5.41, 5.74) is 0.888. The molecule has 0 aliphatic carbocycles. The van der Waals surface area contributed by atoms with Crippen molar-refractivity contribution in [2.24, 2.45) is 4.99 Å². The van der Waals surface area contributed by atoms with Gasteiger partial charge in [-0.05, 0) is 31.0 Å². The lowest BCUT2D eigenvalue weighted by molar-refractivity contribution is 0.376. The molecule has 0 amide bonds. The van der Waals surface area contributed by atoms with Crippen LogP contribution in [0.25, 0.3) is 0 Å². The molecule has 2 rings (SSSR count). The molecule has 1 aromatic carbocycles. The van der Waals surface area contributed by atoms with Crippen LogP contribution in [0, 0.1) is 0 Å². The van der Waals surface area contributed by atoms with Crippen LogP contribution >= 0.6 is 35.6 Å². The van der Waals surface area contributed by atoms with E-state index in [1.54, 1.807) is 12.1 Å². The molecule has 0 bridgehead atoms. The highest BCUT2D eigenvalue weighted by molar-refractivity contribution is 14.0. The predicted molar refractivity (Wildman–Crippen MR) is 125 cm³/mol. The number of nitrogens with one attached hydrogen (secondary N) is 3. The molecule has 0 saturated carbocycles. The summed E-state index contributed by atoms with van der Waals surface area (Å²) in [6.07, 6.45) is 0. The topological polar surface area (TPSA) is 109 Å². The highest BCUT2D eigenvalue weighted by Gasteiger charge is 2.13. The number of halogens is 2. The van der Waals surface area contributed by atoms with Crippen molar-refractivity contribution in [1.29, 1.82) is 0 Å². The Bertz CT molecular complexity index is 902. The molecule has 0 radical (unpaired) electrons. The van der Waals surface area contributed by atoms with Gasteiger partial charge in [0.1, 0.15) is 6.54 Å². The van der Waals surface area contributed by atoms with Crippen LogP contribution in [-0.2, 0) is 16.6 Å². The zero-order valence-electron chi connectivity index (χ0n) is 16.6. The summed E-state index contributed by atoms with van der Waals surface area (Å²) in [7, 11) is -3.61. The molecule has 29 heavy (non-hydrogen) atoms. The van der Waals surface area contributed by atoms with Gasteiger partial charge >= 0.3 is 0 Å². The molecule has 3 N–H and O–H groups in total. The van der Waals surface area contributed by atoms with Crippen LogP contribution in [0.1, 0.15) is 38.1 Å². The Hall–Kier alpha value is -1.37. The van der Waals surface area contributed by atoms with Gasteiger partial charge in [-0.15, -0.1) is 24.0 Å². The van der Waals surface area contributed by atoms with E-state index in [9.17, 15) is 8.42 Å². The van der Waals surface area contributed by atoms with Crippen molar-refractivity contribution >= 4 is 51.6 Å². The molecule has 0 atom stereocenters. The molecule has 11 heteroatoms. The van der Waals surface area contributed by atoms with Crippen LogP contribution < -0.4 is 15.4 Å².